The predicted octanol–water partition coefficient (Wildman–Crippen LogP) is 0.612. The Balaban J connectivity index is 2.62. The van der Waals surface area contributed by atoms with Crippen molar-refractivity contribution in [2.45, 2.75) is 26.3 Å². The van der Waals surface area contributed by atoms with Gasteiger partial charge >= 0.3 is 0 Å². The fourth-order valence-corrected chi connectivity index (χ4v) is 2.06. The minimum absolute atomic E-state index is 0.0995. The molecule has 0 aliphatic heterocycles. The summed E-state index contributed by atoms with van der Waals surface area (Å²) in [7, 11) is 1.56. The van der Waals surface area contributed by atoms with Crippen molar-refractivity contribution in [3.05, 3.63) is 29.6 Å². The SMILES string of the molecule is CC(C)[C@](C)(C#N)NC(=O)C[NH+](C)CC(=O)Nc1ccc(F)c(F)c1F. The number of anilines is 1. The number of rotatable bonds is 7. The Morgan fingerprint density at radius 3 is 2.31 bits per heavy atom. The lowest BCUT2D eigenvalue weighted by Crippen LogP contribution is -3.11. The molecule has 3 N–H and O–H groups in total. The fraction of sp³-hybridized carbons (Fsp3) is 0.471. The first-order valence-electron chi connectivity index (χ1n) is 7.97. The molecule has 0 saturated carbocycles. The minimum Gasteiger partial charge on any atom is -0.333 e. The topological polar surface area (TPSA) is 86.4 Å². The molecule has 6 nitrogen and oxygen atoms in total. The van der Waals surface area contributed by atoms with Gasteiger partial charge in [0.2, 0.25) is 0 Å². The van der Waals surface area contributed by atoms with Gasteiger partial charge in [0, 0.05) is 0 Å². The molecule has 0 spiro atoms. The van der Waals surface area contributed by atoms with E-state index in [0.29, 0.717) is 11.0 Å². The molecule has 1 unspecified atom stereocenters. The monoisotopic (exact) mass is 371 g/mol. The average molecular weight is 371 g/mol. The van der Waals surface area contributed by atoms with Crippen LogP contribution in [0.4, 0.5) is 18.9 Å². The van der Waals surface area contributed by atoms with Gasteiger partial charge in [0.25, 0.3) is 11.8 Å². The van der Waals surface area contributed by atoms with Gasteiger partial charge in [0.15, 0.2) is 30.5 Å². The minimum atomic E-state index is -1.67. The van der Waals surface area contributed by atoms with Crippen molar-refractivity contribution in [3.8, 4) is 6.07 Å². The van der Waals surface area contributed by atoms with Crippen LogP contribution in [-0.4, -0.2) is 37.5 Å². The molecule has 2 amide bonds. The van der Waals surface area contributed by atoms with Gasteiger partial charge in [-0.15, -0.1) is 0 Å². The van der Waals surface area contributed by atoms with Crippen LogP contribution in [0.3, 0.4) is 0 Å². The summed E-state index contributed by atoms with van der Waals surface area (Å²) in [6, 6.07) is 3.66. The van der Waals surface area contributed by atoms with Gasteiger partial charge in [-0.25, -0.2) is 13.2 Å². The molecule has 0 radical (unpaired) electrons. The highest BCUT2D eigenvalue weighted by molar-refractivity contribution is 5.91. The van der Waals surface area contributed by atoms with Crippen molar-refractivity contribution in [3.63, 3.8) is 0 Å². The maximum Gasteiger partial charge on any atom is 0.279 e. The Hall–Kier alpha value is -2.60. The predicted molar refractivity (Wildman–Crippen MR) is 88.6 cm³/mol. The standard InChI is InChI=1S/C17H21F3N4O2/c1-10(2)17(3,9-21)23-14(26)8-24(4)7-13(25)22-12-6-5-11(18)15(19)16(12)20/h5-6,10H,7-8H2,1-4H3,(H,22,25)(H,23,26)/p+1/t17-/m0/s1. The second-order valence-corrected chi connectivity index (χ2v) is 6.60. The quantitative estimate of drug-likeness (QED) is 0.614. The first-order valence-corrected chi connectivity index (χ1v) is 7.97. The molecule has 1 aromatic rings. The second-order valence-electron chi connectivity index (χ2n) is 6.60. The summed E-state index contributed by atoms with van der Waals surface area (Å²) in [5.41, 5.74) is -1.52. The highest BCUT2D eigenvalue weighted by atomic mass is 19.2. The molecule has 0 aromatic heterocycles. The maximum atomic E-state index is 13.5. The number of nitrogens with zero attached hydrogens (tertiary/aromatic N) is 1. The second kappa shape index (κ2) is 8.67. The van der Waals surface area contributed by atoms with E-state index in [9.17, 15) is 28.0 Å². The van der Waals surface area contributed by atoms with E-state index in [-0.39, 0.29) is 19.0 Å². The molecule has 1 aromatic carbocycles. The Morgan fingerprint density at radius 1 is 1.19 bits per heavy atom. The summed E-state index contributed by atoms with van der Waals surface area (Å²) in [5, 5.41) is 13.9. The number of hydrogen-bond acceptors (Lipinski definition) is 3. The number of halogens is 3. The molecule has 2 atom stereocenters. The zero-order chi connectivity index (χ0) is 20.1. The summed E-state index contributed by atoms with van der Waals surface area (Å²) in [6.45, 7) is 4.88. The van der Waals surface area contributed by atoms with Gasteiger partial charge in [0.05, 0.1) is 18.8 Å². The maximum absolute atomic E-state index is 13.5. The molecular formula is C17H22F3N4O2+. The molecule has 0 aliphatic carbocycles. The largest absolute Gasteiger partial charge is 0.333 e. The first kappa shape index (κ1) is 21.4. The molecule has 0 fully saturated rings. The summed E-state index contributed by atoms with van der Waals surface area (Å²) >= 11 is 0. The molecule has 1 rings (SSSR count). The van der Waals surface area contributed by atoms with Gasteiger partial charge in [-0.3, -0.25) is 9.59 Å². The number of nitrogens with one attached hydrogen (secondary N) is 3. The third kappa shape index (κ3) is 5.46. The van der Waals surface area contributed by atoms with E-state index in [1.165, 1.54) is 0 Å². The number of carbonyl (C=O) groups excluding carboxylic acids is 2. The fourth-order valence-electron chi connectivity index (χ4n) is 2.06. The molecule has 142 valence electrons. The van der Waals surface area contributed by atoms with E-state index >= 15 is 0 Å². The van der Waals surface area contributed by atoms with Crippen molar-refractivity contribution in [2.75, 3.05) is 25.5 Å². The molecule has 0 bridgehead atoms. The lowest BCUT2D eigenvalue weighted by molar-refractivity contribution is -0.862. The third-order valence-electron chi connectivity index (χ3n) is 4.02. The normalized spacial score (nSPS) is 14.3. The van der Waals surface area contributed by atoms with Crippen molar-refractivity contribution < 1.29 is 27.7 Å². The lowest BCUT2D eigenvalue weighted by Gasteiger charge is -2.27. The van der Waals surface area contributed by atoms with E-state index in [1.54, 1.807) is 27.8 Å². The zero-order valence-corrected chi connectivity index (χ0v) is 15.0. The Morgan fingerprint density at radius 2 is 1.77 bits per heavy atom. The van der Waals surface area contributed by atoms with Crippen LogP contribution in [0, 0.1) is 34.7 Å². The van der Waals surface area contributed by atoms with Crippen LogP contribution in [-0.2, 0) is 9.59 Å². The number of likely N-dealkylation sites (N-methyl/N-ethyl adjacent to an activating group) is 1. The number of quaternary nitrogens is 1. The molecule has 9 heteroatoms. The van der Waals surface area contributed by atoms with Crippen molar-refractivity contribution in [1.29, 1.82) is 5.26 Å². The smallest absolute Gasteiger partial charge is 0.279 e. The van der Waals surface area contributed by atoms with E-state index in [1.807, 2.05) is 6.07 Å². The van der Waals surface area contributed by atoms with Crippen molar-refractivity contribution in [2.24, 2.45) is 5.92 Å². The van der Waals surface area contributed by atoms with E-state index in [2.05, 4.69) is 10.6 Å². The van der Waals surface area contributed by atoms with E-state index in [4.69, 9.17) is 0 Å². The average Bonchev–Trinajstić information content (AvgIpc) is 2.54. The van der Waals surface area contributed by atoms with Gasteiger partial charge in [-0.2, -0.15) is 5.26 Å². The van der Waals surface area contributed by atoms with Crippen LogP contribution in [0.1, 0.15) is 20.8 Å². The number of benzene rings is 1. The number of carbonyl (C=O) groups is 2. The molecular weight excluding hydrogens is 349 g/mol. The number of hydrogen-bond donors (Lipinski definition) is 3. The lowest BCUT2D eigenvalue weighted by atomic mass is 9.90. The number of amides is 2. The molecule has 26 heavy (non-hydrogen) atoms. The van der Waals surface area contributed by atoms with Gasteiger partial charge in [0.1, 0.15) is 5.54 Å². The number of nitriles is 1. The van der Waals surface area contributed by atoms with Crippen LogP contribution in [0.25, 0.3) is 0 Å². The van der Waals surface area contributed by atoms with Crippen molar-refractivity contribution >= 4 is 17.5 Å². The van der Waals surface area contributed by atoms with Gasteiger partial charge in [-0.1, -0.05) is 13.8 Å². The summed E-state index contributed by atoms with van der Waals surface area (Å²) in [5.74, 6) is -5.73. The Kier molecular flexibility index (Phi) is 7.15. The summed E-state index contributed by atoms with van der Waals surface area (Å²) < 4.78 is 39.6. The third-order valence-corrected chi connectivity index (χ3v) is 4.02. The highest BCUT2D eigenvalue weighted by Gasteiger charge is 2.31. The van der Waals surface area contributed by atoms with Gasteiger partial charge in [-0.05, 0) is 25.0 Å². The van der Waals surface area contributed by atoms with Crippen LogP contribution in [0.5, 0.6) is 0 Å². The highest BCUT2D eigenvalue weighted by Crippen LogP contribution is 2.19. The van der Waals surface area contributed by atoms with Crippen LogP contribution in [0.15, 0.2) is 12.1 Å². The molecule has 0 aliphatic rings. The van der Waals surface area contributed by atoms with Crippen LogP contribution < -0.4 is 15.5 Å². The summed E-state index contributed by atoms with van der Waals surface area (Å²) in [6.07, 6.45) is 0. The molecule has 0 saturated heterocycles. The molecule has 0 heterocycles. The van der Waals surface area contributed by atoms with Crippen LogP contribution >= 0.6 is 0 Å². The van der Waals surface area contributed by atoms with E-state index < -0.39 is 40.5 Å². The Labute approximate surface area is 150 Å². The van der Waals surface area contributed by atoms with Crippen LogP contribution in [0.2, 0.25) is 0 Å². The van der Waals surface area contributed by atoms with Crippen molar-refractivity contribution in [1.82, 2.24) is 5.32 Å². The summed E-state index contributed by atoms with van der Waals surface area (Å²) in [4.78, 5) is 24.4. The zero-order valence-electron chi connectivity index (χ0n) is 15.0. The first-order chi connectivity index (χ1) is 12.0. The van der Waals surface area contributed by atoms with Gasteiger partial charge < -0.3 is 15.5 Å². The Bertz CT molecular complexity index is 733. The van der Waals surface area contributed by atoms with E-state index in [0.717, 1.165) is 6.07 Å².